The quantitative estimate of drug-likeness (QED) is 0.386. The summed E-state index contributed by atoms with van der Waals surface area (Å²) in [5, 5.41) is 2.97. The maximum absolute atomic E-state index is 12.7. The molecule has 0 bridgehead atoms. The second-order valence-electron chi connectivity index (χ2n) is 7.76. The number of ether oxygens (including phenoxy) is 2. The van der Waals surface area contributed by atoms with Crippen LogP contribution in [0.15, 0.2) is 59.6 Å². The van der Waals surface area contributed by atoms with Gasteiger partial charge < -0.3 is 14.8 Å². The Bertz CT molecular complexity index is 1090. The highest BCUT2D eigenvalue weighted by Gasteiger charge is 2.10. The highest BCUT2D eigenvalue weighted by Crippen LogP contribution is 2.28. The first-order valence-corrected chi connectivity index (χ1v) is 10.9. The van der Waals surface area contributed by atoms with Gasteiger partial charge in [-0.1, -0.05) is 36.4 Å². The number of amides is 1. The summed E-state index contributed by atoms with van der Waals surface area (Å²) in [7, 11) is 3.24. The number of aromatic nitrogens is 2. The van der Waals surface area contributed by atoms with Gasteiger partial charge in [-0.25, -0.2) is 9.97 Å². The number of aliphatic imine (C=N–C) groups is 1. The van der Waals surface area contributed by atoms with E-state index >= 15 is 0 Å². The fourth-order valence-electron chi connectivity index (χ4n) is 3.51. The van der Waals surface area contributed by atoms with E-state index in [0.717, 1.165) is 35.4 Å². The lowest BCUT2D eigenvalue weighted by molar-refractivity contribution is -0.119. The van der Waals surface area contributed by atoms with E-state index in [9.17, 15) is 4.79 Å². The molecule has 1 heterocycles. The van der Waals surface area contributed by atoms with Crippen LogP contribution in [0.25, 0.3) is 0 Å². The van der Waals surface area contributed by atoms with Crippen LogP contribution < -0.4 is 14.8 Å². The number of methoxy groups -OCH3 is 2. The summed E-state index contributed by atoms with van der Waals surface area (Å²) in [4.78, 5) is 26.0. The van der Waals surface area contributed by atoms with Crippen molar-refractivity contribution >= 4 is 17.7 Å². The van der Waals surface area contributed by atoms with Gasteiger partial charge in [0.15, 0.2) is 11.5 Å². The van der Waals surface area contributed by atoms with Gasteiger partial charge in [-0.05, 0) is 56.0 Å². The fourth-order valence-corrected chi connectivity index (χ4v) is 3.51. The topological polar surface area (TPSA) is 85.7 Å². The van der Waals surface area contributed by atoms with Crippen molar-refractivity contribution in [3.8, 4) is 11.5 Å². The number of benzene rings is 2. The lowest BCUT2D eigenvalue weighted by Crippen LogP contribution is -2.31. The van der Waals surface area contributed by atoms with Gasteiger partial charge in [0, 0.05) is 17.8 Å². The number of nitrogens with zero attached hydrogens (tertiary/aromatic N) is 3. The van der Waals surface area contributed by atoms with Crippen molar-refractivity contribution in [3.05, 3.63) is 77.1 Å². The van der Waals surface area contributed by atoms with Gasteiger partial charge in [0.1, 0.15) is 5.84 Å². The second kappa shape index (κ2) is 11.8. The Hall–Kier alpha value is -3.74. The molecule has 1 N–H and O–H groups in total. The van der Waals surface area contributed by atoms with E-state index in [1.165, 1.54) is 0 Å². The number of aryl methyl sites for hydroxylation is 3. The van der Waals surface area contributed by atoms with Crippen LogP contribution in [-0.2, 0) is 17.6 Å². The molecule has 0 atom stereocenters. The maximum atomic E-state index is 12.7. The molecule has 0 saturated carbocycles. The molecule has 0 spiro atoms. The zero-order valence-corrected chi connectivity index (χ0v) is 19.6. The van der Waals surface area contributed by atoms with E-state index in [0.29, 0.717) is 29.7 Å². The van der Waals surface area contributed by atoms with Crippen molar-refractivity contribution in [2.24, 2.45) is 4.99 Å². The molecule has 0 aliphatic rings. The van der Waals surface area contributed by atoms with Crippen LogP contribution in [0.4, 0.5) is 5.95 Å². The summed E-state index contributed by atoms with van der Waals surface area (Å²) in [6.07, 6.45) is 2.43. The van der Waals surface area contributed by atoms with E-state index in [2.05, 4.69) is 20.3 Å². The Kier molecular flexibility index (Phi) is 8.52. The third-order valence-electron chi connectivity index (χ3n) is 5.02. The lowest BCUT2D eigenvalue weighted by Gasteiger charge is -2.11. The molecule has 3 aromatic rings. The summed E-state index contributed by atoms with van der Waals surface area (Å²) in [6, 6.07) is 17.4. The van der Waals surface area contributed by atoms with E-state index in [-0.39, 0.29) is 12.3 Å². The number of hydrogen-bond donors (Lipinski definition) is 1. The first-order valence-electron chi connectivity index (χ1n) is 10.9. The number of hydrogen-bond acceptors (Lipinski definition) is 6. The van der Waals surface area contributed by atoms with Crippen molar-refractivity contribution in [3.63, 3.8) is 0 Å². The molecule has 172 valence electrons. The molecule has 0 aliphatic heterocycles. The number of carbonyl (C=O) groups is 1. The summed E-state index contributed by atoms with van der Waals surface area (Å²) in [6.45, 7) is 3.80. The third-order valence-corrected chi connectivity index (χ3v) is 5.02. The predicted octanol–water partition coefficient (Wildman–Crippen LogP) is 4.52. The van der Waals surface area contributed by atoms with Crippen LogP contribution in [-0.4, -0.2) is 35.9 Å². The average Bonchev–Trinajstić information content (AvgIpc) is 2.78. The predicted molar refractivity (Wildman–Crippen MR) is 129 cm³/mol. The van der Waals surface area contributed by atoms with Gasteiger partial charge in [-0.3, -0.25) is 4.79 Å². The van der Waals surface area contributed by atoms with Gasteiger partial charge in [-0.2, -0.15) is 4.99 Å². The molecule has 1 aromatic heterocycles. The summed E-state index contributed by atoms with van der Waals surface area (Å²) >= 11 is 0. The second-order valence-corrected chi connectivity index (χ2v) is 7.76. The van der Waals surface area contributed by atoms with Gasteiger partial charge in [-0.15, -0.1) is 0 Å². The number of carbonyl (C=O) groups excluding carboxylic acids is 1. The highest BCUT2D eigenvalue weighted by atomic mass is 16.5. The minimum Gasteiger partial charge on any atom is -0.493 e. The van der Waals surface area contributed by atoms with Crippen LogP contribution in [0.1, 0.15) is 35.4 Å². The largest absolute Gasteiger partial charge is 0.493 e. The number of rotatable bonds is 9. The monoisotopic (exact) mass is 446 g/mol. The Labute approximate surface area is 194 Å². The Morgan fingerprint density at radius 3 is 2.27 bits per heavy atom. The molecular formula is C26H30N4O3. The molecule has 7 nitrogen and oxygen atoms in total. The SMILES string of the molecule is COc1ccc(CCCC(=Nc2nc(C)cc(C)n2)NC(=O)Cc2ccccc2)cc1OC. The molecule has 33 heavy (non-hydrogen) atoms. The summed E-state index contributed by atoms with van der Waals surface area (Å²) < 4.78 is 10.7. The van der Waals surface area contributed by atoms with Crippen molar-refractivity contribution in [2.45, 2.75) is 39.5 Å². The first-order chi connectivity index (χ1) is 16.0. The molecule has 0 fully saturated rings. The molecule has 3 rings (SSSR count). The third kappa shape index (κ3) is 7.42. The Morgan fingerprint density at radius 1 is 0.909 bits per heavy atom. The fraction of sp³-hybridized carbons (Fsp3) is 0.308. The van der Waals surface area contributed by atoms with Crippen molar-refractivity contribution in [1.29, 1.82) is 0 Å². The van der Waals surface area contributed by atoms with Gasteiger partial charge in [0.05, 0.1) is 20.6 Å². The molecule has 0 aliphatic carbocycles. The average molecular weight is 447 g/mol. The van der Waals surface area contributed by atoms with Crippen molar-refractivity contribution < 1.29 is 14.3 Å². The molecule has 7 heteroatoms. The Morgan fingerprint density at radius 2 is 1.61 bits per heavy atom. The van der Waals surface area contributed by atoms with Gasteiger partial charge in [0.25, 0.3) is 5.95 Å². The summed E-state index contributed by atoms with van der Waals surface area (Å²) in [5.74, 6) is 2.19. The molecule has 0 unspecified atom stereocenters. The maximum Gasteiger partial charge on any atom is 0.251 e. The summed E-state index contributed by atoms with van der Waals surface area (Å²) in [5.41, 5.74) is 3.73. The minimum atomic E-state index is -0.115. The zero-order chi connectivity index (χ0) is 23.6. The standard InChI is InChI=1S/C26H30N4O3/c1-18-15-19(2)28-26(27-18)30-24(29-25(31)17-20-9-6-5-7-10-20)12-8-11-21-13-14-22(32-3)23(16-21)33-4/h5-7,9-10,13-16H,8,11-12,17H2,1-4H3,(H,27,28,29,30,31). The highest BCUT2D eigenvalue weighted by molar-refractivity contribution is 5.99. The Balaban J connectivity index is 1.72. The van der Waals surface area contributed by atoms with Crippen molar-refractivity contribution in [1.82, 2.24) is 15.3 Å². The molecule has 0 radical (unpaired) electrons. The minimum absolute atomic E-state index is 0.115. The van der Waals surface area contributed by atoms with E-state index in [4.69, 9.17) is 9.47 Å². The number of nitrogens with one attached hydrogen (secondary N) is 1. The van der Waals surface area contributed by atoms with Crippen molar-refractivity contribution in [2.75, 3.05) is 14.2 Å². The van der Waals surface area contributed by atoms with Crippen LogP contribution >= 0.6 is 0 Å². The normalized spacial score (nSPS) is 11.2. The smallest absolute Gasteiger partial charge is 0.251 e. The van der Waals surface area contributed by atoms with Crippen LogP contribution in [0.3, 0.4) is 0 Å². The lowest BCUT2D eigenvalue weighted by atomic mass is 10.1. The van der Waals surface area contributed by atoms with E-state index in [1.54, 1.807) is 14.2 Å². The van der Waals surface area contributed by atoms with E-state index in [1.807, 2.05) is 68.4 Å². The molecular weight excluding hydrogens is 416 g/mol. The van der Waals surface area contributed by atoms with Crippen LogP contribution in [0.5, 0.6) is 11.5 Å². The first kappa shape index (κ1) is 23.9. The van der Waals surface area contributed by atoms with Gasteiger partial charge in [0.2, 0.25) is 5.91 Å². The van der Waals surface area contributed by atoms with E-state index < -0.39 is 0 Å². The van der Waals surface area contributed by atoms with Gasteiger partial charge >= 0.3 is 0 Å². The molecule has 1 amide bonds. The molecule has 2 aromatic carbocycles. The molecule has 0 saturated heterocycles. The number of amidine groups is 1. The zero-order valence-electron chi connectivity index (χ0n) is 19.6. The van der Waals surface area contributed by atoms with Crippen LogP contribution in [0, 0.1) is 13.8 Å². The van der Waals surface area contributed by atoms with Crippen LogP contribution in [0.2, 0.25) is 0 Å².